The molecule has 100 valence electrons. The van der Waals surface area contributed by atoms with Gasteiger partial charge in [0.15, 0.2) is 0 Å². The number of carbonyl (C=O) groups excluding carboxylic acids is 1. The lowest BCUT2D eigenvalue weighted by Gasteiger charge is -2.26. The number of nitrogens with one attached hydrogen (secondary N) is 1. The molecule has 1 aliphatic rings. The summed E-state index contributed by atoms with van der Waals surface area (Å²) < 4.78 is 0. The predicted molar refractivity (Wildman–Crippen MR) is 73.6 cm³/mol. The predicted octanol–water partition coefficient (Wildman–Crippen LogP) is 1.81. The van der Waals surface area contributed by atoms with Crippen molar-refractivity contribution in [3.8, 4) is 0 Å². The molecule has 2 heterocycles. The summed E-state index contributed by atoms with van der Waals surface area (Å²) in [5, 5.41) is 4.32. The third-order valence-electron chi connectivity index (χ3n) is 3.31. The number of thiazole rings is 1. The first kappa shape index (κ1) is 13.5. The van der Waals surface area contributed by atoms with Crippen LogP contribution in [0.25, 0.3) is 0 Å². The number of carbonyl (C=O) groups is 1. The monoisotopic (exact) mass is 267 g/mol. The van der Waals surface area contributed by atoms with Crippen LogP contribution < -0.4 is 5.32 Å². The zero-order valence-corrected chi connectivity index (χ0v) is 11.9. The number of likely N-dealkylation sites (N-methyl/N-ethyl adjacent to an activating group) is 1. The van der Waals surface area contributed by atoms with Crippen molar-refractivity contribution in [2.75, 3.05) is 13.6 Å². The van der Waals surface area contributed by atoms with E-state index < -0.39 is 0 Å². The normalized spacial score (nSPS) is 19.8. The lowest BCUT2D eigenvalue weighted by Crippen LogP contribution is -2.46. The maximum atomic E-state index is 12.2. The fourth-order valence-corrected chi connectivity index (χ4v) is 3.11. The van der Waals surface area contributed by atoms with Crippen molar-refractivity contribution in [3.05, 3.63) is 16.1 Å². The van der Waals surface area contributed by atoms with Gasteiger partial charge in [-0.25, -0.2) is 4.98 Å². The van der Waals surface area contributed by atoms with Gasteiger partial charge in [-0.15, -0.1) is 11.3 Å². The minimum absolute atomic E-state index is 0.00866. The van der Waals surface area contributed by atoms with Gasteiger partial charge < -0.3 is 10.2 Å². The molecule has 2 rings (SSSR count). The Bertz CT molecular complexity index is 399. The lowest BCUT2D eigenvalue weighted by molar-refractivity contribution is -0.133. The second kappa shape index (κ2) is 6.29. The fraction of sp³-hybridized carbons (Fsp3) is 0.692. The maximum absolute atomic E-state index is 12.2. The van der Waals surface area contributed by atoms with Crippen LogP contribution in [0, 0.1) is 0 Å². The van der Waals surface area contributed by atoms with E-state index in [1.54, 1.807) is 16.2 Å². The third kappa shape index (κ3) is 3.29. The van der Waals surface area contributed by atoms with E-state index in [0.717, 1.165) is 30.8 Å². The number of piperidine rings is 1. The molecular formula is C13H21N3OS. The average Bonchev–Trinajstić information content (AvgIpc) is 2.86. The second-order valence-corrected chi connectivity index (χ2v) is 5.97. The SMILES string of the molecule is CCc1cnc(CN(C)C(=O)[C@H]2CCCCN2)s1. The quantitative estimate of drug-likeness (QED) is 0.905. The van der Waals surface area contributed by atoms with E-state index in [9.17, 15) is 4.79 Å². The first-order valence-corrected chi connectivity index (χ1v) is 7.44. The topological polar surface area (TPSA) is 45.2 Å². The van der Waals surface area contributed by atoms with Gasteiger partial charge in [0.2, 0.25) is 5.91 Å². The van der Waals surface area contributed by atoms with Crippen molar-refractivity contribution < 1.29 is 4.79 Å². The molecule has 1 N–H and O–H groups in total. The van der Waals surface area contributed by atoms with E-state index in [4.69, 9.17) is 0 Å². The van der Waals surface area contributed by atoms with E-state index in [1.165, 1.54) is 11.3 Å². The van der Waals surface area contributed by atoms with Crippen molar-refractivity contribution in [1.82, 2.24) is 15.2 Å². The van der Waals surface area contributed by atoms with Crippen LogP contribution in [-0.2, 0) is 17.8 Å². The number of nitrogens with zero attached hydrogens (tertiary/aromatic N) is 2. The Labute approximate surface area is 112 Å². The summed E-state index contributed by atoms with van der Waals surface area (Å²) in [5.74, 6) is 0.197. The Kier molecular flexibility index (Phi) is 4.72. The van der Waals surface area contributed by atoms with E-state index in [2.05, 4.69) is 17.2 Å². The van der Waals surface area contributed by atoms with Crippen LogP contribution in [0.1, 0.15) is 36.1 Å². The smallest absolute Gasteiger partial charge is 0.239 e. The van der Waals surface area contributed by atoms with Gasteiger partial charge >= 0.3 is 0 Å². The molecule has 1 aromatic heterocycles. The summed E-state index contributed by atoms with van der Waals surface area (Å²) in [6.45, 7) is 3.71. The molecular weight excluding hydrogens is 246 g/mol. The van der Waals surface area contributed by atoms with Crippen molar-refractivity contribution in [2.24, 2.45) is 0 Å². The molecule has 0 aromatic carbocycles. The Morgan fingerprint density at radius 1 is 1.61 bits per heavy atom. The van der Waals surface area contributed by atoms with Crippen LogP contribution in [0.4, 0.5) is 0 Å². The van der Waals surface area contributed by atoms with Gasteiger partial charge in [0.1, 0.15) is 5.01 Å². The molecule has 4 nitrogen and oxygen atoms in total. The summed E-state index contributed by atoms with van der Waals surface area (Å²) in [5.41, 5.74) is 0. The van der Waals surface area contributed by atoms with Crippen LogP contribution in [0.2, 0.25) is 0 Å². The molecule has 1 fully saturated rings. The Hall–Kier alpha value is -0.940. The van der Waals surface area contributed by atoms with Crippen molar-refractivity contribution in [1.29, 1.82) is 0 Å². The number of amides is 1. The van der Waals surface area contributed by atoms with Gasteiger partial charge in [0.05, 0.1) is 12.6 Å². The largest absolute Gasteiger partial charge is 0.338 e. The number of hydrogen-bond acceptors (Lipinski definition) is 4. The van der Waals surface area contributed by atoms with Crippen molar-refractivity contribution >= 4 is 17.2 Å². The zero-order valence-electron chi connectivity index (χ0n) is 11.1. The number of hydrogen-bond donors (Lipinski definition) is 1. The highest BCUT2D eigenvalue weighted by Crippen LogP contribution is 2.16. The van der Waals surface area contributed by atoms with Gasteiger partial charge in [-0.05, 0) is 25.8 Å². The molecule has 1 aliphatic heterocycles. The van der Waals surface area contributed by atoms with Crippen LogP contribution >= 0.6 is 11.3 Å². The minimum atomic E-state index is 0.00866. The molecule has 0 spiro atoms. The molecule has 1 saturated heterocycles. The first-order chi connectivity index (χ1) is 8.70. The first-order valence-electron chi connectivity index (χ1n) is 6.62. The fourth-order valence-electron chi connectivity index (χ4n) is 2.19. The third-order valence-corrected chi connectivity index (χ3v) is 4.43. The highest BCUT2D eigenvalue weighted by atomic mass is 32.1. The Balaban J connectivity index is 1.89. The molecule has 1 atom stereocenters. The Morgan fingerprint density at radius 3 is 3.06 bits per heavy atom. The molecule has 18 heavy (non-hydrogen) atoms. The van der Waals surface area contributed by atoms with E-state index in [1.807, 2.05) is 13.2 Å². The summed E-state index contributed by atoms with van der Waals surface area (Å²) in [6.07, 6.45) is 6.21. The van der Waals surface area contributed by atoms with Gasteiger partial charge in [-0.2, -0.15) is 0 Å². The number of aryl methyl sites for hydroxylation is 1. The Morgan fingerprint density at radius 2 is 2.44 bits per heavy atom. The van der Waals surface area contributed by atoms with Crippen LogP contribution in [0.15, 0.2) is 6.20 Å². The van der Waals surface area contributed by atoms with Crippen molar-refractivity contribution in [3.63, 3.8) is 0 Å². The molecule has 0 saturated carbocycles. The van der Waals surface area contributed by atoms with Gasteiger partial charge in [-0.3, -0.25) is 4.79 Å². The van der Waals surface area contributed by atoms with Crippen LogP contribution in [-0.4, -0.2) is 35.4 Å². The van der Waals surface area contributed by atoms with Gasteiger partial charge in [-0.1, -0.05) is 13.3 Å². The van der Waals surface area contributed by atoms with Gasteiger partial charge in [0.25, 0.3) is 0 Å². The number of aromatic nitrogens is 1. The van der Waals surface area contributed by atoms with Gasteiger partial charge in [0, 0.05) is 18.1 Å². The molecule has 0 aliphatic carbocycles. The second-order valence-electron chi connectivity index (χ2n) is 4.77. The minimum Gasteiger partial charge on any atom is -0.338 e. The molecule has 5 heteroatoms. The molecule has 0 unspecified atom stereocenters. The van der Waals surface area contributed by atoms with E-state index in [-0.39, 0.29) is 11.9 Å². The highest BCUT2D eigenvalue weighted by molar-refractivity contribution is 7.11. The standard InChI is InChI=1S/C13H21N3OS/c1-3-10-8-15-12(18-10)9-16(2)13(17)11-6-4-5-7-14-11/h8,11,14H,3-7,9H2,1-2H3/t11-/m1/s1. The summed E-state index contributed by atoms with van der Waals surface area (Å²) in [7, 11) is 1.87. The summed E-state index contributed by atoms with van der Waals surface area (Å²) in [6, 6.07) is 0.00866. The zero-order chi connectivity index (χ0) is 13.0. The summed E-state index contributed by atoms with van der Waals surface area (Å²) in [4.78, 5) is 19.7. The van der Waals surface area contributed by atoms with E-state index in [0.29, 0.717) is 6.54 Å². The maximum Gasteiger partial charge on any atom is 0.239 e. The van der Waals surface area contributed by atoms with Crippen molar-refractivity contribution in [2.45, 2.75) is 45.2 Å². The lowest BCUT2D eigenvalue weighted by atomic mass is 10.0. The van der Waals surface area contributed by atoms with Crippen LogP contribution in [0.3, 0.4) is 0 Å². The average molecular weight is 267 g/mol. The molecule has 1 amide bonds. The molecule has 0 bridgehead atoms. The summed E-state index contributed by atoms with van der Waals surface area (Å²) >= 11 is 1.70. The molecule has 0 radical (unpaired) electrons. The highest BCUT2D eigenvalue weighted by Gasteiger charge is 2.23. The van der Waals surface area contributed by atoms with Crippen LogP contribution in [0.5, 0.6) is 0 Å². The van der Waals surface area contributed by atoms with E-state index >= 15 is 0 Å². The number of rotatable bonds is 4. The molecule has 1 aromatic rings.